The van der Waals surface area contributed by atoms with Crippen LogP contribution in [0.2, 0.25) is 0 Å². The highest BCUT2D eigenvalue weighted by Crippen LogP contribution is 2.29. The second-order valence-corrected chi connectivity index (χ2v) is 4.98. The zero-order chi connectivity index (χ0) is 11.0. The van der Waals surface area contributed by atoms with Gasteiger partial charge in [0.05, 0.1) is 5.69 Å². The minimum absolute atomic E-state index is 0.982. The lowest BCUT2D eigenvalue weighted by Gasteiger charge is -2.01. The van der Waals surface area contributed by atoms with Gasteiger partial charge >= 0.3 is 0 Å². The van der Waals surface area contributed by atoms with Gasteiger partial charge in [0.15, 0.2) is 5.13 Å². The highest BCUT2D eigenvalue weighted by molar-refractivity contribution is 7.14. The summed E-state index contributed by atoms with van der Waals surface area (Å²) >= 11 is 1.66. The summed E-state index contributed by atoms with van der Waals surface area (Å²) in [4.78, 5) is 4.53. The Morgan fingerprint density at radius 3 is 2.94 bits per heavy atom. The minimum Gasteiger partial charge on any atom is -0.365 e. The predicted molar refractivity (Wildman–Crippen MR) is 69.1 cm³/mol. The van der Waals surface area contributed by atoms with Gasteiger partial charge in [-0.2, -0.15) is 0 Å². The lowest BCUT2D eigenvalue weighted by atomic mass is 10.1. The second kappa shape index (κ2) is 3.91. The molecule has 2 nitrogen and oxygen atoms in total. The maximum atomic E-state index is 4.53. The normalized spacial score (nSPS) is 13.8. The zero-order valence-electron chi connectivity index (χ0n) is 9.29. The molecule has 1 aliphatic carbocycles. The first-order valence-electron chi connectivity index (χ1n) is 5.62. The fourth-order valence-corrected chi connectivity index (χ4v) is 2.93. The summed E-state index contributed by atoms with van der Waals surface area (Å²) < 4.78 is 0. The molecule has 0 saturated heterocycles. The van der Waals surface area contributed by atoms with Crippen molar-refractivity contribution in [2.45, 2.75) is 19.3 Å². The summed E-state index contributed by atoms with van der Waals surface area (Å²) in [5.74, 6) is 0. The van der Waals surface area contributed by atoms with E-state index in [1.807, 2.05) is 7.05 Å². The number of anilines is 1. The molecule has 82 valence electrons. The Morgan fingerprint density at radius 1 is 1.25 bits per heavy atom. The number of rotatable bonds is 2. The fourth-order valence-electron chi connectivity index (χ4n) is 2.25. The third-order valence-corrected chi connectivity index (χ3v) is 3.97. The molecule has 0 fully saturated rings. The molecule has 2 aromatic rings. The predicted octanol–water partition coefficient (Wildman–Crippen LogP) is 3.34. The van der Waals surface area contributed by atoms with Gasteiger partial charge in [0.1, 0.15) is 0 Å². The Balaban J connectivity index is 2.00. The highest BCUT2D eigenvalue weighted by Gasteiger charge is 2.12. The molecule has 0 amide bonds. The summed E-state index contributed by atoms with van der Waals surface area (Å²) in [6.07, 6.45) is 3.78. The molecule has 0 radical (unpaired) electrons. The summed E-state index contributed by atoms with van der Waals surface area (Å²) in [6, 6.07) is 6.76. The summed E-state index contributed by atoms with van der Waals surface area (Å²) in [5, 5.41) is 6.17. The summed E-state index contributed by atoms with van der Waals surface area (Å²) in [7, 11) is 1.91. The number of aromatic nitrogens is 1. The molecule has 0 unspecified atom stereocenters. The minimum atomic E-state index is 0.982. The van der Waals surface area contributed by atoms with Crippen molar-refractivity contribution in [3.8, 4) is 11.3 Å². The third-order valence-electron chi connectivity index (χ3n) is 3.11. The molecular weight excluding hydrogens is 216 g/mol. The molecule has 1 aliphatic rings. The van der Waals surface area contributed by atoms with Crippen molar-refractivity contribution >= 4 is 16.5 Å². The lowest BCUT2D eigenvalue weighted by molar-refractivity contribution is 0.912. The second-order valence-electron chi connectivity index (χ2n) is 4.12. The highest BCUT2D eigenvalue weighted by atomic mass is 32.1. The maximum Gasteiger partial charge on any atom is 0.182 e. The lowest BCUT2D eigenvalue weighted by Crippen LogP contribution is -1.87. The van der Waals surface area contributed by atoms with Gasteiger partial charge in [-0.15, -0.1) is 11.3 Å². The largest absolute Gasteiger partial charge is 0.365 e. The Kier molecular flexibility index (Phi) is 2.40. The van der Waals surface area contributed by atoms with Gasteiger partial charge in [0.25, 0.3) is 0 Å². The van der Waals surface area contributed by atoms with Crippen molar-refractivity contribution < 1.29 is 0 Å². The Hall–Kier alpha value is -1.35. The van der Waals surface area contributed by atoms with E-state index in [1.54, 1.807) is 11.3 Å². The van der Waals surface area contributed by atoms with E-state index < -0.39 is 0 Å². The number of benzene rings is 1. The van der Waals surface area contributed by atoms with Crippen molar-refractivity contribution in [1.29, 1.82) is 0 Å². The van der Waals surface area contributed by atoms with E-state index in [9.17, 15) is 0 Å². The van der Waals surface area contributed by atoms with Crippen LogP contribution in [0.4, 0.5) is 5.13 Å². The molecule has 0 aliphatic heterocycles. The molecule has 0 bridgehead atoms. The topological polar surface area (TPSA) is 24.9 Å². The van der Waals surface area contributed by atoms with Crippen LogP contribution in [0, 0.1) is 0 Å². The number of nitrogens with zero attached hydrogens (tertiary/aromatic N) is 1. The standard InChI is InChI=1S/C13H14N2S/c1-14-13-15-12(8-16-13)11-6-5-9-3-2-4-10(9)7-11/h5-8H,2-4H2,1H3,(H,14,15). The first-order valence-corrected chi connectivity index (χ1v) is 6.50. The van der Waals surface area contributed by atoms with Crippen LogP contribution < -0.4 is 5.32 Å². The average Bonchev–Trinajstić information content (AvgIpc) is 2.96. The Morgan fingerprint density at radius 2 is 2.12 bits per heavy atom. The molecule has 1 N–H and O–H groups in total. The van der Waals surface area contributed by atoms with Crippen molar-refractivity contribution in [1.82, 2.24) is 4.98 Å². The van der Waals surface area contributed by atoms with Gasteiger partial charge in [0.2, 0.25) is 0 Å². The number of hydrogen-bond donors (Lipinski definition) is 1. The zero-order valence-corrected chi connectivity index (χ0v) is 10.1. The Bertz CT molecular complexity index is 516. The van der Waals surface area contributed by atoms with E-state index in [2.05, 4.69) is 33.9 Å². The Labute approximate surface area is 99.4 Å². The fraction of sp³-hybridized carbons (Fsp3) is 0.308. The molecule has 0 spiro atoms. The number of nitrogens with one attached hydrogen (secondary N) is 1. The van der Waals surface area contributed by atoms with Gasteiger partial charge < -0.3 is 5.32 Å². The van der Waals surface area contributed by atoms with Crippen LogP contribution in [-0.4, -0.2) is 12.0 Å². The number of thiazole rings is 1. The molecule has 1 aromatic carbocycles. The summed E-state index contributed by atoms with van der Waals surface area (Å²) in [6.45, 7) is 0. The smallest absolute Gasteiger partial charge is 0.182 e. The van der Waals surface area contributed by atoms with Crippen LogP contribution >= 0.6 is 11.3 Å². The number of hydrogen-bond acceptors (Lipinski definition) is 3. The van der Waals surface area contributed by atoms with Crippen LogP contribution in [0.5, 0.6) is 0 Å². The quantitative estimate of drug-likeness (QED) is 0.856. The molecule has 0 saturated carbocycles. The van der Waals surface area contributed by atoms with Gasteiger partial charge in [-0.25, -0.2) is 4.98 Å². The van der Waals surface area contributed by atoms with E-state index in [0.29, 0.717) is 0 Å². The van der Waals surface area contributed by atoms with Crippen LogP contribution in [0.1, 0.15) is 17.5 Å². The van der Waals surface area contributed by atoms with Crippen LogP contribution in [0.15, 0.2) is 23.6 Å². The van der Waals surface area contributed by atoms with E-state index in [0.717, 1.165) is 10.8 Å². The average molecular weight is 230 g/mol. The van der Waals surface area contributed by atoms with Gasteiger partial charge in [-0.3, -0.25) is 0 Å². The SMILES string of the molecule is CNc1nc(-c2ccc3c(c2)CCC3)cs1. The molecule has 16 heavy (non-hydrogen) atoms. The van der Waals surface area contributed by atoms with Gasteiger partial charge in [-0.05, 0) is 36.5 Å². The molecule has 0 atom stereocenters. The van der Waals surface area contributed by atoms with Crippen molar-refractivity contribution in [3.05, 3.63) is 34.7 Å². The van der Waals surface area contributed by atoms with E-state index in [-0.39, 0.29) is 0 Å². The van der Waals surface area contributed by atoms with Crippen molar-refractivity contribution in [2.75, 3.05) is 12.4 Å². The maximum absolute atomic E-state index is 4.53. The van der Waals surface area contributed by atoms with Gasteiger partial charge in [0, 0.05) is 18.0 Å². The monoisotopic (exact) mass is 230 g/mol. The first-order chi connectivity index (χ1) is 7.86. The van der Waals surface area contributed by atoms with Crippen LogP contribution in [-0.2, 0) is 12.8 Å². The summed E-state index contributed by atoms with van der Waals surface area (Å²) in [5.41, 5.74) is 5.37. The van der Waals surface area contributed by atoms with Crippen molar-refractivity contribution in [3.63, 3.8) is 0 Å². The van der Waals surface area contributed by atoms with E-state index in [1.165, 1.54) is 36.0 Å². The van der Waals surface area contributed by atoms with Crippen molar-refractivity contribution in [2.24, 2.45) is 0 Å². The van der Waals surface area contributed by atoms with Crippen LogP contribution in [0.25, 0.3) is 11.3 Å². The number of aryl methyl sites for hydroxylation is 2. The third kappa shape index (κ3) is 1.61. The molecule has 3 rings (SSSR count). The van der Waals surface area contributed by atoms with Gasteiger partial charge in [-0.1, -0.05) is 12.1 Å². The molecular formula is C13H14N2S. The number of fused-ring (bicyclic) bond motifs is 1. The van der Waals surface area contributed by atoms with Crippen LogP contribution in [0.3, 0.4) is 0 Å². The molecule has 1 heterocycles. The first kappa shape index (κ1) is 9.85. The van der Waals surface area contributed by atoms with E-state index in [4.69, 9.17) is 0 Å². The van der Waals surface area contributed by atoms with E-state index >= 15 is 0 Å². The molecule has 1 aromatic heterocycles. The molecule has 3 heteroatoms.